The molecule has 6 rings (SSSR count). The van der Waals surface area contributed by atoms with Crippen molar-refractivity contribution >= 4 is 56.1 Å². The number of hydrogen-bond donors (Lipinski definition) is 3. The molecular formula is C31H31Cl2N5O4S. The first-order valence-corrected chi connectivity index (χ1v) is 16.8. The first-order chi connectivity index (χ1) is 20.6. The SMILES string of the molecule is CS(=O)(=O)N[C@H]1CCCC[C@@H]1N1C(=O)c2ccccc2[C@@H](C(=O)NCc2nc3ccccc3[nH]2)[C@@H]1c1ccc(Cl)cc1Cl. The van der Waals surface area contributed by atoms with Crippen LogP contribution in [0.5, 0.6) is 0 Å². The van der Waals surface area contributed by atoms with Crippen molar-refractivity contribution < 1.29 is 18.0 Å². The zero-order valence-electron chi connectivity index (χ0n) is 23.4. The third-order valence-electron chi connectivity index (χ3n) is 8.26. The highest BCUT2D eigenvalue weighted by Gasteiger charge is 2.49. The summed E-state index contributed by atoms with van der Waals surface area (Å²) >= 11 is 13.1. The summed E-state index contributed by atoms with van der Waals surface area (Å²) in [6.07, 6.45) is 3.87. The lowest BCUT2D eigenvalue weighted by Gasteiger charge is -2.49. The van der Waals surface area contributed by atoms with Crippen LogP contribution in [-0.2, 0) is 21.4 Å². The summed E-state index contributed by atoms with van der Waals surface area (Å²) in [4.78, 5) is 38.2. The Hall–Kier alpha value is -3.44. The average Bonchev–Trinajstić information content (AvgIpc) is 3.39. The Labute approximate surface area is 260 Å². The van der Waals surface area contributed by atoms with Crippen molar-refractivity contribution in [1.29, 1.82) is 0 Å². The summed E-state index contributed by atoms with van der Waals surface area (Å²) in [6.45, 7) is 0.142. The first-order valence-electron chi connectivity index (χ1n) is 14.2. The molecule has 9 nitrogen and oxygen atoms in total. The van der Waals surface area contributed by atoms with Gasteiger partial charge in [0, 0.05) is 27.7 Å². The van der Waals surface area contributed by atoms with E-state index in [2.05, 4.69) is 20.0 Å². The predicted octanol–water partition coefficient (Wildman–Crippen LogP) is 5.33. The molecule has 0 spiro atoms. The van der Waals surface area contributed by atoms with Crippen molar-refractivity contribution in [1.82, 2.24) is 24.9 Å². The molecule has 12 heteroatoms. The van der Waals surface area contributed by atoms with E-state index in [-0.39, 0.29) is 18.4 Å². The van der Waals surface area contributed by atoms with E-state index < -0.39 is 34.1 Å². The quantitative estimate of drug-likeness (QED) is 0.252. The number of fused-ring (bicyclic) bond motifs is 2. The van der Waals surface area contributed by atoms with Crippen LogP contribution in [0.2, 0.25) is 10.0 Å². The monoisotopic (exact) mass is 639 g/mol. The van der Waals surface area contributed by atoms with E-state index in [1.54, 1.807) is 47.4 Å². The van der Waals surface area contributed by atoms with Crippen LogP contribution in [0.1, 0.15) is 65.0 Å². The molecule has 0 bridgehead atoms. The number of aromatic amines is 1. The fourth-order valence-corrected chi connectivity index (χ4v) is 7.84. The number of benzene rings is 3. The Morgan fingerprint density at radius 1 is 1.02 bits per heavy atom. The number of imidazole rings is 1. The van der Waals surface area contributed by atoms with Crippen molar-refractivity contribution in [3.63, 3.8) is 0 Å². The van der Waals surface area contributed by atoms with E-state index in [9.17, 15) is 18.0 Å². The number of carbonyl (C=O) groups is 2. The number of halogens is 2. The van der Waals surface area contributed by atoms with Gasteiger partial charge in [0.15, 0.2) is 0 Å². The number of H-pyrrole nitrogens is 1. The molecule has 2 heterocycles. The molecule has 1 fully saturated rings. The van der Waals surface area contributed by atoms with E-state index in [1.165, 1.54) is 0 Å². The van der Waals surface area contributed by atoms with Crippen LogP contribution >= 0.6 is 23.2 Å². The number of nitrogens with one attached hydrogen (secondary N) is 3. The number of para-hydroxylation sites is 2. The Morgan fingerprint density at radius 2 is 1.77 bits per heavy atom. The molecule has 1 aliphatic heterocycles. The maximum Gasteiger partial charge on any atom is 0.255 e. The minimum Gasteiger partial charge on any atom is -0.348 e. The molecule has 224 valence electrons. The van der Waals surface area contributed by atoms with Crippen LogP contribution in [0.25, 0.3) is 11.0 Å². The van der Waals surface area contributed by atoms with Gasteiger partial charge in [-0.2, -0.15) is 0 Å². The lowest BCUT2D eigenvalue weighted by atomic mass is 9.76. The predicted molar refractivity (Wildman–Crippen MR) is 167 cm³/mol. The average molecular weight is 641 g/mol. The van der Waals surface area contributed by atoms with Gasteiger partial charge in [0.2, 0.25) is 15.9 Å². The Balaban J connectivity index is 1.45. The Bertz CT molecular complexity index is 1780. The summed E-state index contributed by atoms with van der Waals surface area (Å²) in [5, 5.41) is 3.77. The number of amides is 2. The molecule has 0 unspecified atom stereocenters. The molecular weight excluding hydrogens is 609 g/mol. The fraction of sp³-hybridized carbons (Fsp3) is 0.323. The summed E-state index contributed by atoms with van der Waals surface area (Å²) in [5.41, 5.74) is 3.18. The fourth-order valence-electron chi connectivity index (χ4n) is 6.50. The van der Waals surface area contributed by atoms with Gasteiger partial charge < -0.3 is 15.2 Å². The maximum atomic E-state index is 14.4. The van der Waals surface area contributed by atoms with E-state index in [1.807, 2.05) is 24.3 Å². The number of aromatic nitrogens is 2. The molecule has 1 saturated carbocycles. The van der Waals surface area contributed by atoms with Crippen molar-refractivity contribution in [3.05, 3.63) is 99.3 Å². The van der Waals surface area contributed by atoms with Gasteiger partial charge in [-0.15, -0.1) is 0 Å². The summed E-state index contributed by atoms with van der Waals surface area (Å²) < 4.78 is 27.5. The van der Waals surface area contributed by atoms with Crippen molar-refractivity contribution in [2.75, 3.05) is 6.26 Å². The number of rotatable bonds is 7. The van der Waals surface area contributed by atoms with Gasteiger partial charge in [0.1, 0.15) is 5.82 Å². The molecule has 4 atom stereocenters. The summed E-state index contributed by atoms with van der Waals surface area (Å²) in [5.74, 6) is -0.847. The lowest BCUT2D eigenvalue weighted by Crippen LogP contribution is -2.59. The third-order valence-corrected chi connectivity index (χ3v) is 9.55. The van der Waals surface area contributed by atoms with Crippen LogP contribution in [0.15, 0.2) is 66.7 Å². The van der Waals surface area contributed by atoms with E-state index >= 15 is 0 Å². The van der Waals surface area contributed by atoms with E-state index in [0.717, 1.165) is 30.1 Å². The van der Waals surface area contributed by atoms with Crippen LogP contribution < -0.4 is 10.0 Å². The highest BCUT2D eigenvalue weighted by molar-refractivity contribution is 7.88. The molecule has 3 N–H and O–H groups in total. The third kappa shape index (κ3) is 6.02. The number of nitrogens with zero attached hydrogens (tertiary/aromatic N) is 2. The Kier molecular flexibility index (Phi) is 8.21. The number of carbonyl (C=O) groups excluding carboxylic acids is 2. The highest BCUT2D eigenvalue weighted by atomic mass is 35.5. The van der Waals surface area contributed by atoms with Crippen LogP contribution in [-0.4, -0.2) is 53.4 Å². The lowest BCUT2D eigenvalue weighted by molar-refractivity contribution is -0.124. The zero-order chi connectivity index (χ0) is 30.3. The number of hydrogen-bond acceptors (Lipinski definition) is 5. The molecule has 43 heavy (non-hydrogen) atoms. The summed E-state index contributed by atoms with van der Waals surface area (Å²) in [6, 6.07) is 17.8. The first kappa shape index (κ1) is 29.6. The molecule has 0 radical (unpaired) electrons. The second-order valence-corrected chi connectivity index (χ2v) is 13.8. The van der Waals surface area contributed by atoms with Crippen LogP contribution in [0.4, 0.5) is 0 Å². The topological polar surface area (TPSA) is 124 Å². The van der Waals surface area contributed by atoms with Crippen molar-refractivity contribution in [3.8, 4) is 0 Å². The van der Waals surface area contributed by atoms with Gasteiger partial charge in [-0.05, 0) is 54.3 Å². The van der Waals surface area contributed by atoms with Gasteiger partial charge in [0.05, 0.1) is 35.8 Å². The van der Waals surface area contributed by atoms with E-state index in [0.29, 0.717) is 45.4 Å². The molecule has 0 saturated heterocycles. The van der Waals surface area contributed by atoms with Crippen molar-refractivity contribution in [2.45, 2.75) is 56.3 Å². The standard InChI is InChI=1S/C31H31Cl2N5O4S/c1-43(41,42)37-25-12-6-7-13-26(25)38-29(21-15-14-18(32)16-22(21)33)28(19-8-2-3-9-20(19)31(38)40)30(39)34-17-27-35-23-10-4-5-11-24(23)36-27/h2-5,8-11,14-16,25-26,28-29,37H,6-7,12-13,17H2,1H3,(H,34,39)(H,35,36)/t25-,26-,28+,29-/m0/s1. The Morgan fingerprint density at radius 3 is 2.53 bits per heavy atom. The smallest absolute Gasteiger partial charge is 0.255 e. The molecule has 4 aromatic rings. The maximum absolute atomic E-state index is 14.4. The molecule has 2 amide bonds. The normalized spacial score (nSPS) is 22.4. The van der Waals surface area contributed by atoms with Gasteiger partial charge in [-0.25, -0.2) is 18.1 Å². The van der Waals surface area contributed by atoms with Gasteiger partial charge >= 0.3 is 0 Å². The molecule has 3 aromatic carbocycles. The molecule has 1 aromatic heterocycles. The minimum atomic E-state index is -3.57. The van der Waals surface area contributed by atoms with E-state index in [4.69, 9.17) is 23.2 Å². The van der Waals surface area contributed by atoms with Gasteiger partial charge in [-0.1, -0.05) is 72.4 Å². The van der Waals surface area contributed by atoms with Crippen LogP contribution in [0.3, 0.4) is 0 Å². The highest BCUT2D eigenvalue weighted by Crippen LogP contribution is 2.47. The van der Waals surface area contributed by atoms with Crippen LogP contribution in [0, 0.1) is 0 Å². The second kappa shape index (κ2) is 11.9. The molecule has 2 aliphatic rings. The summed E-state index contributed by atoms with van der Waals surface area (Å²) in [7, 11) is -3.57. The zero-order valence-corrected chi connectivity index (χ0v) is 25.7. The number of sulfonamides is 1. The minimum absolute atomic E-state index is 0.142. The second-order valence-electron chi connectivity index (χ2n) is 11.2. The van der Waals surface area contributed by atoms with Crippen molar-refractivity contribution in [2.24, 2.45) is 0 Å². The largest absolute Gasteiger partial charge is 0.348 e. The van der Waals surface area contributed by atoms with Gasteiger partial charge in [-0.3, -0.25) is 9.59 Å². The molecule has 1 aliphatic carbocycles. The van der Waals surface area contributed by atoms with Gasteiger partial charge in [0.25, 0.3) is 5.91 Å².